The van der Waals surface area contributed by atoms with Crippen molar-refractivity contribution in [2.45, 2.75) is 37.1 Å². The third kappa shape index (κ3) is 3.87. The second-order valence-electron chi connectivity index (χ2n) is 10.1. The highest BCUT2D eigenvalue weighted by molar-refractivity contribution is 6.31. The number of carboxylic acid groups (broad SMARTS) is 1. The molecule has 10 nitrogen and oxygen atoms in total. The van der Waals surface area contributed by atoms with Gasteiger partial charge in [-0.15, -0.1) is 5.10 Å². The van der Waals surface area contributed by atoms with Gasteiger partial charge in [0.05, 0.1) is 29.0 Å². The molecule has 2 aliphatic rings. The Balaban J connectivity index is 1.23. The lowest BCUT2D eigenvalue weighted by Gasteiger charge is -2.15. The number of nitrogens with zero attached hydrogens (tertiary/aromatic N) is 6. The van der Waals surface area contributed by atoms with E-state index in [-0.39, 0.29) is 11.6 Å². The average molecular weight is 540 g/mol. The van der Waals surface area contributed by atoms with Crippen LogP contribution in [-0.2, 0) is 16.6 Å². The third-order valence-corrected chi connectivity index (χ3v) is 8.03. The molecule has 2 aromatic carbocycles. The monoisotopic (exact) mass is 539 g/mol. The molecule has 39 heavy (non-hydrogen) atoms. The molecule has 7 rings (SSSR count). The number of pyridine rings is 1. The Morgan fingerprint density at radius 3 is 2.74 bits per heavy atom. The molecule has 0 spiro atoms. The number of aromatic nitrogens is 7. The van der Waals surface area contributed by atoms with Gasteiger partial charge in [-0.3, -0.25) is 9.59 Å². The van der Waals surface area contributed by atoms with E-state index in [9.17, 15) is 14.7 Å². The van der Waals surface area contributed by atoms with Crippen molar-refractivity contribution in [2.24, 2.45) is 0 Å². The van der Waals surface area contributed by atoms with Gasteiger partial charge in [-0.25, -0.2) is 4.98 Å². The molecule has 194 valence electrons. The first-order valence-electron chi connectivity index (χ1n) is 12.6. The molecule has 11 heteroatoms. The van der Waals surface area contributed by atoms with Gasteiger partial charge in [0, 0.05) is 22.3 Å². The summed E-state index contributed by atoms with van der Waals surface area (Å²) in [5.41, 5.74) is 4.68. The molecule has 1 saturated carbocycles. The van der Waals surface area contributed by atoms with Crippen molar-refractivity contribution in [1.29, 1.82) is 0 Å². The number of imidazole rings is 1. The molecule has 1 atom stereocenters. The topological polar surface area (TPSA) is 132 Å². The number of H-pyrrole nitrogens is 1. The highest BCUT2D eigenvalue weighted by Crippen LogP contribution is 2.49. The zero-order valence-electron chi connectivity index (χ0n) is 20.6. The van der Waals surface area contributed by atoms with Crippen molar-refractivity contribution in [3.8, 4) is 28.1 Å². The number of carboxylic acids is 1. The highest BCUT2D eigenvalue weighted by atomic mass is 35.5. The van der Waals surface area contributed by atoms with E-state index < -0.39 is 11.4 Å². The molecule has 0 radical (unpaired) electrons. The van der Waals surface area contributed by atoms with Crippen LogP contribution in [0.25, 0.3) is 28.1 Å². The van der Waals surface area contributed by atoms with Crippen molar-refractivity contribution in [2.75, 3.05) is 0 Å². The molecule has 0 saturated heterocycles. The Bertz CT molecular complexity index is 1800. The van der Waals surface area contributed by atoms with E-state index in [1.807, 2.05) is 36.4 Å². The van der Waals surface area contributed by atoms with Crippen molar-refractivity contribution in [3.05, 3.63) is 99.6 Å². The Morgan fingerprint density at radius 1 is 1.10 bits per heavy atom. The molecular formula is C28H22ClN7O3. The van der Waals surface area contributed by atoms with Crippen LogP contribution in [0.3, 0.4) is 0 Å². The van der Waals surface area contributed by atoms with Crippen LogP contribution in [0, 0.1) is 0 Å². The lowest BCUT2D eigenvalue weighted by Crippen LogP contribution is -2.23. The third-order valence-electron chi connectivity index (χ3n) is 7.80. The van der Waals surface area contributed by atoms with Gasteiger partial charge in [0.25, 0.3) is 5.56 Å². The molecule has 2 N–H and O–H groups in total. The van der Waals surface area contributed by atoms with Gasteiger partial charge in [0.1, 0.15) is 12.2 Å². The molecular weight excluding hydrogens is 518 g/mol. The quantitative estimate of drug-likeness (QED) is 0.331. The number of fused-ring (bicyclic) bond motifs is 1. The highest BCUT2D eigenvalue weighted by Gasteiger charge is 2.51. The van der Waals surface area contributed by atoms with E-state index in [1.54, 1.807) is 33.6 Å². The first kappa shape index (κ1) is 23.5. The van der Waals surface area contributed by atoms with Gasteiger partial charge in [0.15, 0.2) is 0 Å². The van der Waals surface area contributed by atoms with E-state index in [4.69, 9.17) is 11.6 Å². The number of aromatic amines is 1. The lowest BCUT2D eigenvalue weighted by molar-refractivity contribution is -0.140. The summed E-state index contributed by atoms with van der Waals surface area (Å²) < 4.78 is 3.33. The number of nitrogens with one attached hydrogen (secondary N) is 1. The Labute approximate surface area is 226 Å². The smallest absolute Gasteiger partial charge is 0.314 e. The summed E-state index contributed by atoms with van der Waals surface area (Å²) in [4.78, 5) is 33.3. The first-order valence-corrected chi connectivity index (χ1v) is 13.0. The van der Waals surface area contributed by atoms with Crippen LogP contribution in [0.2, 0.25) is 5.02 Å². The predicted octanol–water partition coefficient (Wildman–Crippen LogP) is 4.19. The van der Waals surface area contributed by atoms with Crippen LogP contribution in [0.15, 0.2) is 71.9 Å². The minimum atomic E-state index is -0.783. The van der Waals surface area contributed by atoms with E-state index in [0.717, 1.165) is 45.7 Å². The van der Waals surface area contributed by atoms with Gasteiger partial charge in [0.2, 0.25) is 0 Å². The lowest BCUT2D eigenvalue weighted by atomic mass is 9.94. The maximum Gasteiger partial charge on any atom is 0.314 e. The number of aliphatic carboxylic acids is 1. The molecule has 0 unspecified atom stereocenters. The number of aryl methyl sites for hydroxylation is 1. The summed E-state index contributed by atoms with van der Waals surface area (Å²) >= 11 is 6.31. The molecule has 0 amide bonds. The molecule has 1 fully saturated rings. The van der Waals surface area contributed by atoms with Gasteiger partial charge in [-0.05, 0) is 83.1 Å². The van der Waals surface area contributed by atoms with E-state index in [1.165, 1.54) is 6.33 Å². The van der Waals surface area contributed by atoms with Crippen LogP contribution in [0.5, 0.6) is 0 Å². The van der Waals surface area contributed by atoms with E-state index >= 15 is 0 Å². The van der Waals surface area contributed by atoms with E-state index in [2.05, 4.69) is 25.5 Å². The molecule has 1 aliphatic heterocycles. The predicted molar refractivity (Wildman–Crippen MR) is 143 cm³/mol. The number of benzene rings is 2. The standard InChI is InChI=1S/C28H22ClN7O3/c29-19-4-6-23(35-15-31-33-34-35)21(13-19)17-11-20-5-7-24(36(20)25(37)12-17)26-30-14-22(32-26)16-2-1-3-18(10-16)28(8-9-28)27(38)39/h1-4,6,10-15,24H,5,7-9H2,(H,30,32)(H,38,39)/t24-/m0/s1. The Kier molecular flexibility index (Phi) is 5.27. The zero-order valence-corrected chi connectivity index (χ0v) is 21.3. The number of tetrazole rings is 1. The Morgan fingerprint density at radius 2 is 1.97 bits per heavy atom. The molecule has 5 aromatic rings. The minimum absolute atomic E-state index is 0.135. The van der Waals surface area contributed by atoms with Gasteiger partial charge in [-0.2, -0.15) is 4.68 Å². The first-order chi connectivity index (χ1) is 18.9. The van der Waals surface area contributed by atoms with Gasteiger partial charge in [-0.1, -0.05) is 29.8 Å². The van der Waals surface area contributed by atoms with Gasteiger partial charge < -0.3 is 14.7 Å². The molecule has 3 aromatic heterocycles. The van der Waals surface area contributed by atoms with Crippen molar-refractivity contribution in [1.82, 2.24) is 34.7 Å². The second kappa shape index (κ2) is 8.74. The van der Waals surface area contributed by atoms with Crippen molar-refractivity contribution >= 4 is 17.6 Å². The zero-order chi connectivity index (χ0) is 26.7. The summed E-state index contributed by atoms with van der Waals surface area (Å²) in [6.45, 7) is 0. The fourth-order valence-electron chi connectivity index (χ4n) is 5.61. The average Bonchev–Trinajstić information content (AvgIpc) is 3.29. The largest absolute Gasteiger partial charge is 0.481 e. The second-order valence-corrected chi connectivity index (χ2v) is 10.5. The number of hydrogen-bond donors (Lipinski definition) is 2. The minimum Gasteiger partial charge on any atom is -0.481 e. The maximum absolute atomic E-state index is 13.5. The molecule has 4 heterocycles. The molecule has 1 aliphatic carbocycles. The maximum atomic E-state index is 13.5. The van der Waals surface area contributed by atoms with Crippen molar-refractivity contribution in [3.63, 3.8) is 0 Å². The van der Waals surface area contributed by atoms with Crippen LogP contribution in [-0.4, -0.2) is 45.8 Å². The fourth-order valence-corrected chi connectivity index (χ4v) is 5.78. The number of hydrogen-bond acceptors (Lipinski definition) is 6. The number of carbonyl (C=O) groups is 1. The van der Waals surface area contributed by atoms with Crippen LogP contribution >= 0.6 is 11.6 Å². The summed E-state index contributed by atoms with van der Waals surface area (Å²) in [5, 5.41) is 21.7. The van der Waals surface area contributed by atoms with Crippen LogP contribution in [0.1, 0.15) is 42.4 Å². The summed E-state index contributed by atoms with van der Waals surface area (Å²) in [6, 6.07) is 16.4. The summed E-state index contributed by atoms with van der Waals surface area (Å²) in [5.74, 6) is -0.0883. The number of rotatable bonds is 6. The SMILES string of the molecule is O=C(O)C1(c2cccc(-c3cnc([C@@H]4CCc5cc(-c6cc(Cl)ccc6-n6cnnn6)cc(=O)n54)[nH]3)c2)CC1. The fraction of sp³-hybridized carbons (Fsp3) is 0.214. The van der Waals surface area contributed by atoms with E-state index in [0.29, 0.717) is 30.1 Å². The summed E-state index contributed by atoms with van der Waals surface area (Å²) in [6.07, 6.45) is 5.98. The normalized spacial score (nSPS) is 17.2. The van der Waals surface area contributed by atoms with Crippen LogP contribution < -0.4 is 5.56 Å². The Hall–Kier alpha value is -4.57. The molecule has 0 bridgehead atoms. The van der Waals surface area contributed by atoms with Crippen LogP contribution in [0.4, 0.5) is 0 Å². The summed E-state index contributed by atoms with van der Waals surface area (Å²) in [7, 11) is 0. The van der Waals surface area contributed by atoms with Crippen molar-refractivity contribution < 1.29 is 9.90 Å². The van der Waals surface area contributed by atoms with Gasteiger partial charge >= 0.3 is 5.97 Å². The number of halogens is 1.